The number of nitrogens with two attached hydrogens (primary N) is 1. The van der Waals surface area contributed by atoms with Crippen molar-refractivity contribution in [2.75, 3.05) is 12.3 Å². The van der Waals surface area contributed by atoms with E-state index in [1.807, 2.05) is 24.3 Å². The summed E-state index contributed by atoms with van der Waals surface area (Å²) in [5, 5.41) is 0.739. The summed E-state index contributed by atoms with van der Waals surface area (Å²) in [6.45, 7) is 1.22. The molecule has 0 saturated carbocycles. The molecule has 0 unspecified atom stereocenters. The van der Waals surface area contributed by atoms with Crippen molar-refractivity contribution in [3.05, 3.63) is 46.4 Å². The Morgan fingerprint density at radius 3 is 2.85 bits per heavy atom. The number of nitrogen functional groups attached to an aromatic ring is 1. The number of aromatic nitrogens is 2. The van der Waals surface area contributed by atoms with Gasteiger partial charge in [-0.2, -0.15) is 0 Å². The predicted molar refractivity (Wildman–Crippen MR) is 80.8 cm³/mol. The first-order valence-corrected chi connectivity index (χ1v) is 7.69. The van der Waals surface area contributed by atoms with Gasteiger partial charge in [-0.15, -0.1) is 11.8 Å². The quantitative estimate of drug-likeness (QED) is 0.883. The summed E-state index contributed by atoms with van der Waals surface area (Å²) >= 11 is 7.54. The third-order valence-corrected chi connectivity index (χ3v) is 4.34. The number of halogens is 1. The molecule has 1 aliphatic heterocycles. The Kier molecular flexibility index (Phi) is 4.10. The zero-order valence-corrected chi connectivity index (χ0v) is 12.4. The van der Waals surface area contributed by atoms with Crippen molar-refractivity contribution < 1.29 is 4.74 Å². The largest absolute Gasteiger partial charge is 0.383 e. The van der Waals surface area contributed by atoms with Crippen molar-refractivity contribution in [2.24, 2.45) is 0 Å². The summed E-state index contributed by atoms with van der Waals surface area (Å²) in [4.78, 5) is 10.1. The van der Waals surface area contributed by atoms with Gasteiger partial charge in [0.2, 0.25) is 0 Å². The Labute approximate surface area is 126 Å². The summed E-state index contributed by atoms with van der Waals surface area (Å²) in [6.07, 6.45) is 0.806. The van der Waals surface area contributed by atoms with E-state index in [1.54, 1.807) is 11.8 Å². The van der Waals surface area contributed by atoms with Gasteiger partial charge >= 0.3 is 0 Å². The van der Waals surface area contributed by atoms with Crippen LogP contribution in [0.2, 0.25) is 5.02 Å². The van der Waals surface area contributed by atoms with Crippen molar-refractivity contribution in [1.29, 1.82) is 0 Å². The van der Waals surface area contributed by atoms with Gasteiger partial charge in [-0.25, -0.2) is 9.97 Å². The number of hydrogen-bond donors (Lipinski definition) is 1. The molecule has 0 spiro atoms. The van der Waals surface area contributed by atoms with Crippen LogP contribution in [0.15, 0.2) is 29.2 Å². The van der Waals surface area contributed by atoms with E-state index in [9.17, 15) is 0 Å². The van der Waals surface area contributed by atoms with Gasteiger partial charge in [-0.1, -0.05) is 11.6 Å². The molecule has 0 fully saturated rings. The fourth-order valence-corrected chi connectivity index (χ4v) is 2.93. The average Bonchev–Trinajstić information content (AvgIpc) is 2.47. The molecule has 0 aliphatic carbocycles. The number of thioether (sulfide) groups is 1. The lowest BCUT2D eigenvalue weighted by atomic mass is 10.1. The second-order valence-electron chi connectivity index (χ2n) is 4.50. The fraction of sp³-hybridized carbons (Fsp3) is 0.286. The molecule has 20 heavy (non-hydrogen) atoms. The van der Waals surface area contributed by atoms with Gasteiger partial charge in [0.1, 0.15) is 11.6 Å². The minimum atomic E-state index is 0.520. The number of anilines is 1. The first-order chi connectivity index (χ1) is 9.72. The molecule has 2 heterocycles. The highest BCUT2D eigenvalue weighted by Crippen LogP contribution is 2.25. The van der Waals surface area contributed by atoms with E-state index in [-0.39, 0.29) is 0 Å². The Bertz CT molecular complexity index is 619. The average molecular weight is 308 g/mol. The number of nitrogens with zero attached hydrogens (tertiary/aromatic N) is 2. The maximum Gasteiger partial charge on any atom is 0.141 e. The Hall–Kier alpha value is -1.30. The normalized spacial score (nSPS) is 14.1. The molecular formula is C14H14ClN3OS. The second-order valence-corrected chi connectivity index (χ2v) is 5.98. The lowest BCUT2D eigenvalue weighted by Gasteiger charge is -2.17. The van der Waals surface area contributed by atoms with Gasteiger partial charge in [-0.3, -0.25) is 0 Å². The van der Waals surface area contributed by atoms with Crippen molar-refractivity contribution in [1.82, 2.24) is 9.97 Å². The lowest BCUT2D eigenvalue weighted by Crippen LogP contribution is -2.16. The molecule has 0 saturated heterocycles. The van der Waals surface area contributed by atoms with Crippen molar-refractivity contribution >= 4 is 29.2 Å². The Morgan fingerprint density at radius 1 is 1.25 bits per heavy atom. The van der Waals surface area contributed by atoms with Crippen LogP contribution in [0.5, 0.6) is 0 Å². The van der Waals surface area contributed by atoms with Gasteiger partial charge in [0.25, 0.3) is 0 Å². The van der Waals surface area contributed by atoms with Crippen LogP contribution < -0.4 is 5.73 Å². The molecule has 104 valence electrons. The van der Waals surface area contributed by atoms with Gasteiger partial charge in [0, 0.05) is 21.9 Å². The molecule has 0 amide bonds. The van der Waals surface area contributed by atoms with Crippen LogP contribution in [0.25, 0.3) is 0 Å². The molecule has 2 N–H and O–H groups in total. The Morgan fingerprint density at radius 2 is 2.05 bits per heavy atom. The molecule has 1 aromatic carbocycles. The highest BCUT2D eigenvalue weighted by atomic mass is 35.5. The van der Waals surface area contributed by atoms with Gasteiger partial charge in [0.05, 0.1) is 24.7 Å². The molecule has 3 rings (SSSR count). The number of fused-ring (bicyclic) bond motifs is 1. The van der Waals surface area contributed by atoms with Crippen molar-refractivity contribution in [2.45, 2.75) is 23.7 Å². The smallest absolute Gasteiger partial charge is 0.141 e. The van der Waals surface area contributed by atoms with E-state index >= 15 is 0 Å². The van der Waals surface area contributed by atoms with E-state index in [4.69, 9.17) is 22.1 Å². The fourth-order valence-electron chi connectivity index (χ4n) is 2.05. The van der Waals surface area contributed by atoms with Crippen LogP contribution >= 0.6 is 23.4 Å². The van der Waals surface area contributed by atoms with Crippen molar-refractivity contribution in [3.8, 4) is 0 Å². The standard InChI is InChI=1S/C14H14ClN3OS/c15-9-1-3-10(4-2-9)20-8-13-17-12-5-6-19-7-11(12)14(16)18-13/h1-4H,5-8H2,(H2,16,17,18). The zero-order chi connectivity index (χ0) is 13.9. The molecule has 6 heteroatoms. The summed E-state index contributed by atoms with van der Waals surface area (Å²) in [5.41, 5.74) is 7.94. The zero-order valence-electron chi connectivity index (χ0n) is 10.8. The number of ether oxygens (including phenoxy) is 1. The SMILES string of the molecule is Nc1nc(CSc2ccc(Cl)cc2)nc2c1COCC2. The first-order valence-electron chi connectivity index (χ1n) is 6.32. The highest BCUT2D eigenvalue weighted by Gasteiger charge is 2.16. The van der Waals surface area contributed by atoms with E-state index < -0.39 is 0 Å². The molecule has 0 bridgehead atoms. The van der Waals surface area contributed by atoms with Crippen LogP contribution in [-0.2, 0) is 23.5 Å². The summed E-state index contributed by atoms with van der Waals surface area (Å²) in [7, 11) is 0. The molecule has 4 nitrogen and oxygen atoms in total. The summed E-state index contributed by atoms with van der Waals surface area (Å²) in [6, 6.07) is 7.73. The number of rotatable bonds is 3. The highest BCUT2D eigenvalue weighted by molar-refractivity contribution is 7.98. The molecular weight excluding hydrogens is 294 g/mol. The molecule has 1 aliphatic rings. The third kappa shape index (κ3) is 3.06. The van der Waals surface area contributed by atoms with Gasteiger partial charge in [-0.05, 0) is 24.3 Å². The minimum Gasteiger partial charge on any atom is -0.383 e. The Balaban J connectivity index is 1.74. The summed E-state index contributed by atoms with van der Waals surface area (Å²) in [5.74, 6) is 2.00. The molecule has 0 atom stereocenters. The van der Waals surface area contributed by atoms with Crippen LogP contribution in [0.1, 0.15) is 17.1 Å². The number of hydrogen-bond acceptors (Lipinski definition) is 5. The third-order valence-electron chi connectivity index (χ3n) is 3.08. The predicted octanol–water partition coefficient (Wildman–Crippen LogP) is 3.08. The summed E-state index contributed by atoms with van der Waals surface area (Å²) < 4.78 is 5.38. The van der Waals surface area contributed by atoms with Crippen LogP contribution in [0, 0.1) is 0 Å². The van der Waals surface area contributed by atoms with E-state index in [1.165, 1.54) is 0 Å². The molecule has 2 aromatic rings. The van der Waals surface area contributed by atoms with E-state index in [2.05, 4.69) is 9.97 Å². The number of benzene rings is 1. The van der Waals surface area contributed by atoms with E-state index in [0.29, 0.717) is 24.8 Å². The first kappa shape index (κ1) is 13.7. The second kappa shape index (κ2) is 5.99. The van der Waals surface area contributed by atoms with Gasteiger partial charge < -0.3 is 10.5 Å². The lowest BCUT2D eigenvalue weighted by molar-refractivity contribution is 0.109. The molecule has 0 radical (unpaired) electrons. The van der Waals surface area contributed by atoms with Crippen molar-refractivity contribution in [3.63, 3.8) is 0 Å². The maximum absolute atomic E-state index is 5.97. The van der Waals surface area contributed by atoms with Crippen LogP contribution in [0.4, 0.5) is 5.82 Å². The molecule has 1 aromatic heterocycles. The maximum atomic E-state index is 5.97. The topological polar surface area (TPSA) is 61.0 Å². The van der Waals surface area contributed by atoms with Crippen LogP contribution in [0.3, 0.4) is 0 Å². The van der Waals surface area contributed by atoms with E-state index in [0.717, 1.165) is 33.4 Å². The minimum absolute atomic E-state index is 0.520. The van der Waals surface area contributed by atoms with Gasteiger partial charge in [0.15, 0.2) is 0 Å². The van der Waals surface area contributed by atoms with Crippen LogP contribution in [-0.4, -0.2) is 16.6 Å². The monoisotopic (exact) mass is 307 g/mol.